The molecule has 5 heteroatoms. The van der Waals surface area contributed by atoms with E-state index >= 15 is 0 Å². The molecular formula is C22H19N3O2. The lowest BCUT2D eigenvalue weighted by atomic mass is 10.1. The van der Waals surface area contributed by atoms with E-state index in [1.807, 2.05) is 79.0 Å². The first-order valence-electron chi connectivity index (χ1n) is 8.62. The van der Waals surface area contributed by atoms with Crippen molar-refractivity contribution in [1.82, 2.24) is 9.97 Å². The second-order valence-corrected chi connectivity index (χ2v) is 6.03. The fourth-order valence-electron chi connectivity index (χ4n) is 2.66. The minimum atomic E-state index is 0.390. The van der Waals surface area contributed by atoms with Gasteiger partial charge in [0.1, 0.15) is 29.7 Å². The summed E-state index contributed by atoms with van der Waals surface area (Å²) >= 11 is 0. The van der Waals surface area contributed by atoms with Gasteiger partial charge in [0.25, 0.3) is 0 Å². The number of benzene rings is 3. The van der Waals surface area contributed by atoms with Gasteiger partial charge in [-0.25, -0.2) is 4.98 Å². The standard InChI is InChI=1S/C22H19N3O2/c23-17-5-4-8-20(13-17)27-19-11-9-16(10-12-19)21-14-24-22(25-21)15-26-18-6-2-1-3-7-18/h1-14H,15,23H2,(H,24,25). The minimum Gasteiger partial charge on any atom is -0.486 e. The van der Waals surface area contributed by atoms with Crippen molar-refractivity contribution >= 4 is 5.69 Å². The number of hydrogen-bond acceptors (Lipinski definition) is 4. The average Bonchev–Trinajstić information content (AvgIpc) is 3.17. The molecule has 0 spiro atoms. The van der Waals surface area contributed by atoms with Gasteiger partial charge in [-0.3, -0.25) is 0 Å². The summed E-state index contributed by atoms with van der Waals surface area (Å²) in [6.45, 7) is 0.390. The van der Waals surface area contributed by atoms with Crippen LogP contribution in [0.2, 0.25) is 0 Å². The van der Waals surface area contributed by atoms with Gasteiger partial charge in [-0.2, -0.15) is 0 Å². The molecule has 0 saturated heterocycles. The fourth-order valence-corrected chi connectivity index (χ4v) is 2.66. The third kappa shape index (κ3) is 4.27. The summed E-state index contributed by atoms with van der Waals surface area (Å²) in [5.74, 6) is 3.04. The number of nitrogens with two attached hydrogens (primary N) is 1. The molecule has 0 aliphatic carbocycles. The van der Waals surface area contributed by atoms with Crippen LogP contribution in [-0.2, 0) is 6.61 Å². The van der Waals surface area contributed by atoms with Gasteiger partial charge in [-0.05, 0) is 48.5 Å². The molecule has 4 aromatic rings. The Morgan fingerprint density at radius 2 is 1.59 bits per heavy atom. The number of nitrogen functional groups attached to an aromatic ring is 1. The van der Waals surface area contributed by atoms with E-state index in [2.05, 4.69) is 9.97 Å². The largest absolute Gasteiger partial charge is 0.486 e. The third-order valence-corrected chi connectivity index (χ3v) is 3.99. The Bertz CT molecular complexity index is 1010. The lowest BCUT2D eigenvalue weighted by molar-refractivity contribution is 0.297. The number of nitrogens with one attached hydrogen (secondary N) is 1. The predicted octanol–water partition coefficient (Wildman–Crippen LogP) is 5.03. The number of aromatic nitrogens is 2. The molecule has 0 bridgehead atoms. The van der Waals surface area contributed by atoms with Crippen LogP contribution in [-0.4, -0.2) is 9.97 Å². The number of hydrogen-bond donors (Lipinski definition) is 2. The summed E-state index contributed by atoms with van der Waals surface area (Å²) in [5.41, 5.74) is 8.30. The van der Waals surface area contributed by atoms with Crippen molar-refractivity contribution < 1.29 is 9.47 Å². The summed E-state index contributed by atoms with van der Waals surface area (Å²) in [7, 11) is 0. The molecule has 0 amide bonds. The smallest absolute Gasteiger partial charge is 0.146 e. The SMILES string of the molecule is Nc1cccc(Oc2ccc(-c3c[nH]c(COc4ccccc4)n3)cc2)c1. The zero-order chi connectivity index (χ0) is 18.5. The van der Waals surface area contributed by atoms with Crippen LogP contribution in [0.25, 0.3) is 11.3 Å². The first-order chi connectivity index (χ1) is 13.3. The Balaban J connectivity index is 1.41. The Morgan fingerprint density at radius 3 is 2.37 bits per heavy atom. The van der Waals surface area contributed by atoms with Crippen molar-refractivity contribution in [3.63, 3.8) is 0 Å². The number of imidazole rings is 1. The molecule has 134 valence electrons. The van der Waals surface area contributed by atoms with Crippen LogP contribution < -0.4 is 15.2 Å². The van der Waals surface area contributed by atoms with E-state index in [1.165, 1.54) is 0 Å². The summed E-state index contributed by atoms with van der Waals surface area (Å²) in [4.78, 5) is 7.74. The van der Waals surface area contributed by atoms with E-state index in [1.54, 1.807) is 6.07 Å². The van der Waals surface area contributed by atoms with Crippen LogP contribution in [0.15, 0.2) is 85.1 Å². The molecule has 0 aliphatic rings. The summed E-state index contributed by atoms with van der Waals surface area (Å²) in [5, 5.41) is 0. The summed E-state index contributed by atoms with van der Waals surface area (Å²) in [6.07, 6.45) is 1.87. The van der Waals surface area contributed by atoms with Gasteiger partial charge in [-0.15, -0.1) is 0 Å². The lowest BCUT2D eigenvalue weighted by Crippen LogP contribution is -1.97. The maximum Gasteiger partial charge on any atom is 0.146 e. The minimum absolute atomic E-state index is 0.390. The molecule has 0 atom stereocenters. The molecule has 0 unspecified atom stereocenters. The zero-order valence-electron chi connectivity index (χ0n) is 14.6. The maximum atomic E-state index is 5.81. The highest BCUT2D eigenvalue weighted by atomic mass is 16.5. The van der Waals surface area contributed by atoms with E-state index in [4.69, 9.17) is 15.2 Å². The predicted molar refractivity (Wildman–Crippen MR) is 106 cm³/mol. The normalized spacial score (nSPS) is 10.5. The van der Waals surface area contributed by atoms with Gasteiger partial charge in [0.15, 0.2) is 0 Å². The number of H-pyrrole nitrogens is 1. The highest BCUT2D eigenvalue weighted by molar-refractivity contribution is 5.59. The molecule has 0 aliphatic heterocycles. The van der Waals surface area contributed by atoms with Crippen molar-refractivity contribution in [2.24, 2.45) is 0 Å². The Labute approximate surface area is 157 Å². The maximum absolute atomic E-state index is 5.81. The topological polar surface area (TPSA) is 73.2 Å². The second kappa shape index (κ2) is 7.66. The van der Waals surface area contributed by atoms with E-state index in [0.29, 0.717) is 18.0 Å². The number of rotatable bonds is 6. The highest BCUT2D eigenvalue weighted by Gasteiger charge is 2.06. The average molecular weight is 357 g/mol. The van der Waals surface area contributed by atoms with E-state index in [-0.39, 0.29) is 0 Å². The number of para-hydroxylation sites is 1. The van der Waals surface area contributed by atoms with Gasteiger partial charge in [0.05, 0.1) is 5.69 Å². The molecule has 4 rings (SSSR count). The molecule has 5 nitrogen and oxygen atoms in total. The van der Waals surface area contributed by atoms with Crippen molar-refractivity contribution in [1.29, 1.82) is 0 Å². The molecule has 27 heavy (non-hydrogen) atoms. The molecule has 0 saturated carbocycles. The van der Waals surface area contributed by atoms with E-state index < -0.39 is 0 Å². The number of aromatic amines is 1. The molecule has 3 aromatic carbocycles. The van der Waals surface area contributed by atoms with Crippen molar-refractivity contribution in [2.45, 2.75) is 6.61 Å². The number of anilines is 1. The molecule has 1 heterocycles. The number of ether oxygens (including phenoxy) is 2. The Kier molecular flexibility index (Phi) is 4.74. The summed E-state index contributed by atoms with van der Waals surface area (Å²) < 4.78 is 11.5. The van der Waals surface area contributed by atoms with Gasteiger partial charge in [-0.1, -0.05) is 24.3 Å². The van der Waals surface area contributed by atoms with Crippen molar-refractivity contribution in [2.75, 3.05) is 5.73 Å². The quantitative estimate of drug-likeness (QED) is 0.475. The second-order valence-electron chi connectivity index (χ2n) is 6.03. The molecular weight excluding hydrogens is 338 g/mol. The van der Waals surface area contributed by atoms with Crippen LogP contribution in [0, 0.1) is 0 Å². The first kappa shape index (κ1) is 16.7. The van der Waals surface area contributed by atoms with E-state index in [9.17, 15) is 0 Å². The van der Waals surface area contributed by atoms with Crippen LogP contribution in [0.4, 0.5) is 5.69 Å². The third-order valence-electron chi connectivity index (χ3n) is 3.99. The highest BCUT2D eigenvalue weighted by Crippen LogP contribution is 2.26. The monoisotopic (exact) mass is 357 g/mol. The Morgan fingerprint density at radius 1 is 0.815 bits per heavy atom. The lowest BCUT2D eigenvalue weighted by Gasteiger charge is -2.06. The summed E-state index contributed by atoms with van der Waals surface area (Å²) in [6, 6.07) is 24.8. The van der Waals surface area contributed by atoms with Crippen LogP contribution in [0.3, 0.4) is 0 Å². The Hall–Kier alpha value is -3.73. The van der Waals surface area contributed by atoms with Crippen molar-refractivity contribution in [3.8, 4) is 28.5 Å². The molecule has 3 N–H and O–H groups in total. The van der Waals surface area contributed by atoms with Gasteiger partial charge in [0, 0.05) is 23.5 Å². The number of nitrogens with zero attached hydrogens (tertiary/aromatic N) is 1. The van der Waals surface area contributed by atoms with Crippen LogP contribution >= 0.6 is 0 Å². The van der Waals surface area contributed by atoms with Gasteiger partial charge < -0.3 is 20.2 Å². The fraction of sp³-hybridized carbons (Fsp3) is 0.0455. The van der Waals surface area contributed by atoms with Gasteiger partial charge in [0.2, 0.25) is 0 Å². The molecule has 0 fully saturated rings. The van der Waals surface area contributed by atoms with Crippen LogP contribution in [0.5, 0.6) is 17.2 Å². The first-order valence-corrected chi connectivity index (χ1v) is 8.62. The molecule has 1 aromatic heterocycles. The van der Waals surface area contributed by atoms with E-state index in [0.717, 1.165) is 28.6 Å². The van der Waals surface area contributed by atoms with Crippen LogP contribution in [0.1, 0.15) is 5.82 Å². The van der Waals surface area contributed by atoms with Gasteiger partial charge >= 0.3 is 0 Å². The molecule has 0 radical (unpaired) electrons. The van der Waals surface area contributed by atoms with Crippen molar-refractivity contribution in [3.05, 3.63) is 90.9 Å². The zero-order valence-corrected chi connectivity index (χ0v) is 14.6.